The normalized spacial score (nSPS) is 15.2. The standard InChI is InChI=1S/C15H23N3O2/c1-2-3-4-7-16-15(19)14-6-5-13(12-17-14)18-8-10-20-11-9-18/h5-6,12H,2-4,7-11H2,1H3,(H,16,19). The van der Waals surface area contributed by atoms with Gasteiger partial charge in [-0.15, -0.1) is 0 Å². The monoisotopic (exact) mass is 277 g/mol. The van der Waals surface area contributed by atoms with Gasteiger partial charge < -0.3 is 15.0 Å². The van der Waals surface area contributed by atoms with E-state index in [1.54, 1.807) is 12.3 Å². The fraction of sp³-hybridized carbons (Fsp3) is 0.600. The molecule has 2 rings (SSSR count). The number of anilines is 1. The van der Waals surface area contributed by atoms with E-state index in [9.17, 15) is 4.79 Å². The first-order valence-corrected chi connectivity index (χ1v) is 7.38. The Balaban J connectivity index is 1.85. The lowest BCUT2D eigenvalue weighted by atomic mass is 10.2. The van der Waals surface area contributed by atoms with Gasteiger partial charge in [-0.25, -0.2) is 4.98 Å². The molecule has 5 heteroatoms. The first-order valence-electron chi connectivity index (χ1n) is 7.38. The third kappa shape index (κ3) is 4.20. The van der Waals surface area contributed by atoms with Crippen LogP contribution in [0.25, 0.3) is 0 Å². The van der Waals surface area contributed by atoms with Crippen LogP contribution in [0.2, 0.25) is 0 Å². The van der Waals surface area contributed by atoms with Crippen molar-refractivity contribution in [2.24, 2.45) is 0 Å². The highest BCUT2D eigenvalue weighted by Gasteiger charge is 2.12. The van der Waals surface area contributed by atoms with Crippen molar-refractivity contribution in [2.75, 3.05) is 37.7 Å². The lowest BCUT2D eigenvalue weighted by Crippen LogP contribution is -2.36. The summed E-state index contributed by atoms with van der Waals surface area (Å²) in [4.78, 5) is 18.4. The van der Waals surface area contributed by atoms with E-state index in [4.69, 9.17) is 4.74 Å². The Labute approximate surface area is 120 Å². The number of hydrogen-bond donors (Lipinski definition) is 1. The number of rotatable bonds is 6. The molecule has 1 aromatic heterocycles. The molecule has 1 aromatic rings. The minimum absolute atomic E-state index is 0.0883. The summed E-state index contributed by atoms with van der Waals surface area (Å²) >= 11 is 0. The highest BCUT2D eigenvalue weighted by Crippen LogP contribution is 2.14. The van der Waals surface area contributed by atoms with E-state index in [2.05, 4.69) is 22.1 Å². The number of nitrogens with zero attached hydrogens (tertiary/aromatic N) is 2. The van der Waals surface area contributed by atoms with Gasteiger partial charge in [0.05, 0.1) is 25.1 Å². The van der Waals surface area contributed by atoms with E-state index in [-0.39, 0.29) is 5.91 Å². The number of unbranched alkanes of at least 4 members (excludes halogenated alkanes) is 2. The second-order valence-electron chi connectivity index (χ2n) is 4.96. The Hall–Kier alpha value is -1.62. The highest BCUT2D eigenvalue weighted by atomic mass is 16.5. The van der Waals surface area contributed by atoms with Gasteiger partial charge in [-0.2, -0.15) is 0 Å². The van der Waals surface area contributed by atoms with Crippen LogP contribution in [0.4, 0.5) is 5.69 Å². The van der Waals surface area contributed by atoms with Gasteiger partial charge in [0.1, 0.15) is 5.69 Å². The fourth-order valence-corrected chi connectivity index (χ4v) is 2.20. The molecule has 1 amide bonds. The lowest BCUT2D eigenvalue weighted by molar-refractivity contribution is 0.0948. The largest absolute Gasteiger partial charge is 0.378 e. The zero-order chi connectivity index (χ0) is 14.2. The van der Waals surface area contributed by atoms with Gasteiger partial charge in [0, 0.05) is 19.6 Å². The van der Waals surface area contributed by atoms with Gasteiger partial charge in [-0.05, 0) is 18.6 Å². The maximum atomic E-state index is 11.9. The van der Waals surface area contributed by atoms with E-state index >= 15 is 0 Å². The zero-order valence-electron chi connectivity index (χ0n) is 12.1. The quantitative estimate of drug-likeness (QED) is 0.806. The number of amides is 1. The molecule has 0 unspecified atom stereocenters. The van der Waals surface area contributed by atoms with Crippen molar-refractivity contribution in [1.82, 2.24) is 10.3 Å². The van der Waals surface area contributed by atoms with Crippen LogP contribution in [0.15, 0.2) is 18.3 Å². The van der Waals surface area contributed by atoms with Crippen molar-refractivity contribution >= 4 is 11.6 Å². The highest BCUT2D eigenvalue weighted by molar-refractivity contribution is 5.92. The van der Waals surface area contributed by atoms with Crippen LogP contribution in [-0.4, -0.2) is 43.7 Å². The molecular weight excluding hydrogens is 254 g/mol. The molecule has 1 saturated heterocycles. The van der Waals surface area contributed by atoms with Crippen LogP contribution < -0.4 is 10.2 Å². The maximum absolute atomic E-state index is 11.9. The van der Waals surface area contributed by atoms with Crippen molar-refractivity contribution in [3.8, 4) is 0 Å². The molecule has 0 saturated carbocycles. The number of nitrogens with one attached hydrogen (secondary N) is 1. The summed E-state index contributed by atoms with van der Waals surface area (Å²) < 4.78 is 5.32. The Morgan fingerprint density at radius 2 is 2.15 bits per heavy atom. The lowest BCUT2D eigenvalue weighted by Gasteiger charge is -2.28. The summed E-state index contributed by atoms with van der Waals surface area (Å²) in [7, 11) is 0. The average Bonchev–Trinajstić information content (AvgIpc) is 2.52. The smallest absolute Gasteiger partial charge is 0.269 e. The van der Waals surface area contributed by atoms with Gasteiger partial charge in [-0.3, -0.25) is 4.79 Å². The van der Waals surface area contributed by atoms with E-state index in [0.717, 1.165) is 57.8 Å². The summed E-state index contributed by atoms with van der Waals surface area (Å²) in [5.41, 5.74) is 1.54. The zero-order valence-corrected chi connectivity index (χ0v) is 12.1. The summed E-state index contributed by atoms with van der Waals surface area (Å²) in [6.45, 7) is 6.13. The molecule has 0 radical (unpaired) electrons. The van der Waals surface area contributed by atoms with Crippen LogP contribution in [0.1, 0.15) is 36.7 Å². The van der Waals surface area contributed by atoms with E-state index < -0.39 is 0 Å². The third-order valence-corrected chi connectivity index (χ3v) is 3.42. The van der Waals surface area contributed by atoms with Gasteiger partial charge in [0.15, 0.2) is 0 Å². The van der Waals surface area contributed by atoms with Gasteiger partial charge in [-0.1, -0.05) is 19.8 Å². The molecule has 1 aliphatic rings. The molecular formula is C15H23N3O2. The van der Waals surface area contributed by atoms with Crippen LogP contribution in [0.3, 0.4) is 0 Å². The molecule has 0 atom stereocenters. The molecule has 0 aliphatic carbocycles. The molecule has 5 nitrogen and oxygen atoms in total. The molecule has 110 valence electrons. The fourth-order valence-electron chi connectivity index (χ4n) is 2.20. The number of aromatic nitrogens is 1. The minimum Gasteiger partial charge on any atom is -0.378 e. The molecule has 0 spiro atoms. The molecule has 2 heterocycles. The van der Waals surface area contributed by atoms with Crippen molar-refractivity contribution in [2.45, 2.75) is 26.2 Å². The number of morpholine rings is 1. The minimum atomic E-state index is -0.0883. The Bertz CT molecular complexity index is 414. The van der Waals surface area contributed by atoms with E-state index in [1.807, 2.05) is 6.07 Å². The van der Waals surface area contributed by atoms with Crippen LogP contribution >= 0.6 is 0 Å². The molecule has 0 aromatic carbocycles. The summed E-state index contributed by atoms with van der Waals surface area (Å²) in [5.74, 6) is -0.0883. The van der Waals surface area contributed by atoms with Gasteiger partial charge in [0.25, 0.3) is 5.91 Å². The van der Waals surface area contributed by atoms with Crippen molar-refractivity contribution in [3.63, 3.8) is 0 Å². The number of pyridine rings is 1. The summed E-state index contributed by atoms with van der Waals surface area (Å²) in [5, 5.41) is 2.90. The Morgan fingerprint density at radius 3 is 2.80 bits per heavy atom. The van der Waals surface area contributed by atoms with E-state index in [1.165, 1.54) is 0 Å². The van der Waals surface area contributed by atoms with Crippen molar-refractivity contribution in [1.29, 1.82) is 0 Å². The van der Waals surface area contributed by atoms with E-state index in [0.29, 0.717) is 5.69 Å². The molecule has 0 bridgehead atoms. The first kappa shape index (κ1) is 14.8. The Kier molecular flexibility index (Phi) is 5.80. The number of hydrogen-bond acceptors (Lipinski definition) is 4. The third-order valence-electron chi connectivity index (χ3n) is 3.42. The van der Waals surface area contributed by atoms with Crippen LogP contribution in [-0.2, 0) is 4.74 Å². The Morgan fingerprint density at radius 1 is 1.35 bits per heavy atom. The summed E-state index contributed by atoms with van der Waals surface area (Å²) in [6.07, 6.45) is 5.09. The van der Waals surface area contributed by atoms with Crippen LogP contribution in [0, 0.1) is 0 Å². The predicted molar refractivity (Wildman–Crippen MR) is 79.1 cm³/mol. The molecule has 1 N–H and O–H groups in total. The molecule has 1 fully saturated rings. The molecule has 1 aliphatic heterocycles. The SMILES string of the molecule is CCCCCNC(=O)c1ccc(N2CCOCC2)cn1. The number of carbonyl (C=O) groups is 1. The predicted octanol–water partition coefficient (Wildman–Crippen LogP) is 1.84. The summed E-state index contributed by atoms with van der Waals surface area (Å²) in [6, 6.07) is 3.75. The number of carbonyl (C=O) groups excluding carboxylic acids is 1. The van der Waals surface area contributed by atoms with Gasteiger partial charge >= 0.3 is 0 Å². The first-order chi connectivity index (χ1) is 9.81. The molecule has 20 heavy (non-hydrogen) atoms. The second kappa shape index (κ2) is 7.85. The average molecular weight is 277 g/mol. The van der Waals surface area contributed by atoms with Crippen molar-refractivity contribution < 1.29 is 9.53 Å². The van der Waals surface area contributed by atoms with Crippen molar-refractivity contribution in [3.05, 3.63) is 24.0 Å². The van der Waals surface area contributed by atoms with Crippen LogP contribution in [0.5, 0.6) is 0 Å². The van der Waals surface area contributed by atoms with Gasteiger partial charge in [0.2, 0.25) is 0 Å². The maximum Gasteiger partial charge on any atom is 0.269 e. The topological polar surface area (TPSA) is 54.5 Å². The second-order valence-corrected chi connectivity index (χ2v) is 4.96. The number of ether oxygens (including phenoxy) is 1.